The van der Waals surface area contributed by atoms with Gasteiger partial charge in [0.05, 0.1) is 6.04 Å². The fraction of sp³-hybridized carbons (Fsp3) is 0.0588. The first-order chi connectivity index (χ1) is 17.8. The number of fused-ring (bicyclic) bond motifs is 5. The first-order valence-corrected chi connectivity index (χ1v) is 12.8. The number of nitrogens with zero attached hydrogens (tertiary/aromatic N) is 1. The van der Waals surface area contributed by atoms with Crippen LogP contribution in [0.5, 0.6) is 0 Å². The molecule has 1 aliphatic heterocycles. The van der Waals surface area contributed by atoms with Crippen LogP contribution in [0.15, 0.2) is 133 Å². The molecule has 0 radical (unpaired) electrons. The van der Waals surface area contributed by atoms with Crippen molar-refractivity contribution in [3.8, 4) is 22.3 Å². The van der Waals surface area contributed by atoms with Crippen LogP contribution >= 0.6 is 11.6 Å². The summed E-state index contributed by atoms with van der Waals surface area (Å²) in [6.07, 6.45) is 9.07. The summed E-state index contributed by atoms with van der Waals surface area (Å²) in [7, 11) is 0. The smallest absolute Gasteiger partial charge is 0.0630 e. The van der Waals surface area contributed by atoms with Crippen LogP contribution in [0.25, 0.3) is 33.0 Å². The Labute approximate surface area is 216 Å². The van der Waals surface area contributed by atoms with Crippen LogP contribution in [0.2, 0.25) is 5.02 Å². The molecule has 2 aliphatic rings. The standard InChI is InChI=1S/C34H24ClN/c35-27-18-14-25(15-19-27)30-22-26(23-8-2-1-3-9-23)17-20-32(30)36-31-13-7-6-12-29(31)34-28-11-5-4-10-24(28)16-21-33(34)36/h1-22,29,31H. The molecule has 36 heavy (non-hydrogen) atoms. The van der Waals surface area contributed by atoms with Crippen molar-refractivity contribution < 1.29 is 0 Å². The molecule has 2 heteroatoms. The lowest BCUT2D eigenvalue weighted by molar-refractivity contribution is 0.748. The molecule has 0 spiro atoms. The van der Waals surface area contributed by atoms with Gasteiger partial charge in [0.2, 0.25) is 0 Å². The number of allylic oxidation sites excluding steroid dienone is 2. The van der Waals surface area contributed by atoms with Crippen LogP contribution in [-0.2, 0) is 0 Å². The van der Waals surface area contributed by atoms with Gasteiger partial charge in [-0.15, -0.1) is 0 Å². The molecule has 5 aromatic carbocycles. The summed E-state index contributed by atoms with van der Waals surface area (Å²) in [5, 5.41) is 3.37. The van der Waals surface area contributed by atoms with Crippen LogP contribution in [0.3, 0.4) is 0 Å². The molecular formula is C34H24ClN. The first kappa shape index (κ1) is 21.2. The lowest BCUT2D eigenvalue weighted by Crippen LogP contribution is -2.28. The molecule has 7 rings (SSSR count). The fourth-order valence-electron chi connectivity index (χ4n) is 5.82. The van der Waals surface area contributed by atoms with E-state index in [1.54, 1.807) is 0 Å². The van der Waals surface area contributed by atoms with E-state index in [9.17, 15) is 0 Å². The molecule has 2 atom stereocenters. The zero-order valence-electron chi connectivity index (χ0n) is 19.7. The van der Waals surface area contributed by atoms with E-state index < -0.39 is 0 Å². The molecule has 2 unspecified atom stereocenters. The van der Waals surface area contributed by atoms with Gasteiger partial charge in [0.25, 0.3) is 0 Å². The summed E-state index contributed by atoms with van der Waals surface area (Å²) in [5.41, 5.74) is 8.68. The van der Waals surface area contributed by atoms with E-state index in [1.807, 2.05) is 12.1 Å². The fourth-order valence-corrected chi connectivity index (χ4v) is 5.95. The molecule has 0 N–H and O–H groups in total. The van der Waals surface area contributed by atoms with Crippen LogP contribution < -0.4 is 4.90 Å². The third-order valence-corrected chi connectivity index (χ3v) is 7.71. The Bertz CT molecular complexity index is 1650. The molecular weight excluding hydrogens is 458 g/mol. The van der Waals surface area contributed by atoms with Crippen molar-refractivity contribution in [2.24, 2.45) is 0 Å². The maximum Gasteiger partial charge on any atom is 0.0630 e. The summed E-state index contributed by atoms with van der Waals surface area (Å²) in [5.74, 6) is 0.308. The summed E-state index contributed by atoms with van der Waals surface area (Å²) >= 11 is 6.28. The largest absolute Gasteiger partial charge is 0.333 e. The van der Waals surface area contributed by atoms with Crippen molar-refractivity contribution in [2.75, 3.05) is 4.90 Å². The van der Waals surface area contributed by atoms with Crippen molar-refractivity contribution in [1.29, 1.82) is 0 Å². The van der Waals surface area contributed by atoms with E-state index in [2.05, 4.69) is 126 Å². The van der Waals surface area contributed by atoms with Crippen LogP contribution in [0.1, 0.15) is 11.5 Å². The van der Waals surface area contributed by atoms with Gasteiger partial charge in [-0.05, 0) is 63.4 Å². The van der Waals surface area contributed by atoms with E-state index in [0.717, 1.165) is 10.6 Å². The van der Waals surface area contributed by atoms with Crippen molar-refractivity contribution >= 4 is 33.7 Å². The predicted molar refractivity (Wildman–Crippen MR) is 153 cm³/mol. The highest BCUT2D eigenvalue weighted by Gasteiger charge is 2.39. The Morgan fingerprint density at radius 1 is 0.583 bits per heavy atom. The second-order valence-electron chi connectivity index (χ2n) is 9.48. The Hall–Kier alpha value is -4.07. The number of benzene rings is 5. The lowest BCUT2D eigenvalue weighted by atomic mass is 9.88. The minimum Gasteiger partial charge on any atom is -0.333 e. The topological polar surface area (TPSA) is 3.24 Å². The quantitative estimate of drug-likeness (QED) is 0.248. The second kappa shape index (κ2) is 8.55. The molecule has 172 valence electrons. The van der Waals surface area contributed by atoms with Gasteiger partial charge in [0, 0.05) is 27.9 Å². The lowest BCUT2D eigenvalue weighted by Gasteiger charge is -2.31. The average Bonchev–Trinajstić information content (AvgIpc) is 3.28. The van der Waals surface area contributed by atoms with Crippen LogP contribution in [0, 0.1) is 0 Å². The highest BCUT2D eigenvalue weighted by atomic mass is 35.5. The Balaban J connectivity index is 1.48. The van der Waals surface area contributed by atoms with Gasteiger partial charge in [-0.2, -0.15) is 0 Å². The van der Waals surface area contributed by atoms with Gasteiger partial charge in [0.1, 0.15) is 0 Å². The third-order valence-electron chi connectivity index (χ3n) is 7.46. The first-order valence-electron chi connectivity index (χ1n) is 12.4. The normalized spacial score (nSPS) is 17.9. The van der Waals surface area contributed by atoms with Crippen molar-refractivity contribution in [3.05, 3.63) is 144 Å². The molecule has 1 heterocycles. The molecule has 0 saturated heterocycles. The molecule has 1 nitrogen and oxygen atoms in total. The molecule has 5 aromatic rings. The van der Waals surface area contributed by atoms with E-state index >= 15 is 0 Å². The molecule has 1 aliphatic carbocycles. The maximum atomic E-state index is 6.28. The summed E-state index contributed by atoms with van der Waals surface area (Å²) in [4.78, 5) is 2.53. The van der Waals surface area contributed by atoms with Gasteiger partial charge in [-0.3, -0.25) is 0 Å². The van der Waals surface area contributed by atoms with Gasteiger partial charge >= 0.3 is 0 Å². The Morgan fingerprint density at radius 3 is 2.17 bits per heavy atom. The minimum atomic E-state index is 0.226. The number of hydrogen-bond donors (Lipinski definition) is 0. The Kier molecular flexibility index (Phi) is 5.04. The monoisotopic (exact) mass is 481 g/mol. The van der Waals surface area contributed by atoms with E-state index in [4.69, 9.17) is 11.6 Å². The van der Waals surface area contributed by atoms with E-state index in [0.29, 0.717) is 5.92 Å². The molecule has 0 amide bonds. The van der Waals surface area contributed by atoms with Crippen molar-refractivity contribution in [2.45, 2.75) is 12.0 Å². The zero-order valence-corrected chi connectivity index (χ0v) is 20.4. The molecule has 0 bridgehead atoms. The minimum absolute atomic E-state index is 0.226. The zero-order chi connectivity index (χ0) is 24.1. The van der Waals surface area contributed by atoms with Crippen molar-refractivity contribution in [3.63, 3.8) is 0 Å². The summed E-state index contributed by atoms with van der Waals surface area (Å²) < 4.78 is 0. The number of anilines is 2. The third kappa shape index (κ3) is 3.39. The second-order valence-corrected chi connectivity index (χ2v) is 9.92. The molecule has 0 aromatic heterocycles. The summed E-state index contributed by atoms with van der Waals surface area (Å²) in [6.45, 7) is 0. The maximum absolute atomic E-state index is 6.28. The van der Waals surface area contributed by atoms with E-state index in [-0.39, 0.29) is 6.04 Å². The number of halogens is 1. The highest BCUT2D eigenvalue weighted by Crippen LogP contribution is 2.52. The van der Waals surface area contributed by atoms with Gasteiger partial charge < -0.3 is 4.90 Å². The molecule has 0 fully saturated rings. The van der Waals surface area contributed by atoms with Crippen molar-refractivity contribution in [1.82, 2.24) is 0 Å². The van der Waals surface area contributed by atoms with Gasteiger partial charge in [0.15, 0.2) is 0 Å². The molecule has 0 saturated carbocycles. The predicted octanol–water partition coefficient (Wildman–Crippen LogP) is 9.56. The summed E-state index contributed by atoms with van der Waals surface area (Å²) in [6, 6.07) is 39.2. The number of rotatable bonds is 3. The number of hydrogen-bond acceptors (Lipinski definition) is 1. The van der Waals surface area contributed by atoms with E-state index in [1.165, 1.54) is 44.4 Å². The average molecular weight is 482 g/mol. The van der Waals surface area contributed by atoms with Crippen LogP contribution in [-0.4, -0.2) is 6.04 Å². The highest BCUT2D eigenvalue weighted by molar-refractivity contribution is 6.30. The SMILES string of the molecule is Clc1ccc(-c2cc(-c3ccccc3)ccc2N2c3ccc4ccccc4c3C3C=CC=CC32)cc1. The Morgan fingerprint density at radius 2 is 1.31 bits per heavy atom. The van der Waals surface area contributed by atoms with Crippen LogP contribution in [0.4, 0.5) is 11.4 Å². The van der Waals surface area contributed by atoms with Gasteiger partial charge in [-0.25, -0.2) is 0 Å². The van der Waals surface area contributed by atoms with Gasteiger partial charge in [-0.1, -0.05) is 115 Å².